The molecule has 2 nitrogen and oxygen atoms in total. The normalized spacial score (nSPS) is 25.8. The number of rotatable bonds is 1. The zero-order valence-electron chi connectivity index (χ0n) is 9.05. The lowest BCUT2D eigenvalue weighted by Crippen LogP contribution is -2.13. The van der Waals surface area contributed by atoms with Crippen LogP contribution in [0.2, 0.25) is 5.02 Å². The molecular formula is C12H16ClNO. The number of hydrogen-bond donors (Lipinski definition) is 2. The van der Waals surface area contributed by atoms with Crippen LogP contribution in [0.5, 0.6) is 5.75 Å². The van der Waals surface area contributed by atoms with Gasteiger partial charge in [-0.1, -0.05) is 18.5 Å². The molecule has 82 valence electrons. The number of aryl methyl sites for hydroxylation is 1. The summed E-state index contributed by atoms with van der Waals surface area (Å²) in [7, 11) is 0. The van der Waals surface area contributed by atoms with Crippen molar-refractivity contribution in [2.24, 2.45) is 5.92 Å². The molecule has 0 aromatic heterocycles. The van der Waals surface area contributed by atoms with Crippen LogP contribution in [0, 0.1) is 12.8 Å². The molecule has 15 heavy (non-hydrogen) atoms. The van der Waals surface area contributed by atoms with E-state index in [1.807, 2.05) is 13.0 Å². The third kappa shape index (κ3) is 2.11. The topological polar surface area (TPSA) is 32.3 Å². The van der Waals surface area contributed by atoms with E-state index in [2.05, 4.69) is 12.2 Å². The quantitative estimate of drug-likeness (QED) is 0.770. The van der Waals surface area contributed by atoms with Gasteiger partial charge in [-0.3, -0.25) is 0 Å². The molecule has 1 aromatic rings. The van der Waals surface area contributed by atoms with Gasteiger partial charge in [-0.2, -0.15) is 0 Å². The minimum atomic E-state index is 0.248. The Morgan fingerprint density at radius 2 is 2.20 bits per heavy atom. The van der Waals surface area contributed by atoms with E-state index >= 15 is 0 Å². The lowest BCUT2D eigenvalue weighted by atomic mass is 9.98. The number of aromatic hydroxyl groups is 1. The Hall–Kier alpha value is -0.730. The number of halogens is 1. The Morgan fingerprint density at radius 3 is 2.80 bits per heavy atom. The maximum atomic E-state index is 9.97. The summed E-state index contributed by atoms with van der Waals surface area (Å²) in [5, 5.41) is 14.1. The molecule has 0 amide bonds. The second kappa shape index (κ2) is 4.03. The zero-order valence-corrected chi connectivity index (χ0v) is 9.80. The molecule has 0 aliphatic carbocycles. The van der Waals surface area contributed by atoms with Gasteiger partial charge in [0.25, 0.3) is 0 Å². The number of phenols is 1. The molecule has 1 aromatic carbocycles. The van der Waals surface area contributed by atoms with Crippen molar-refractivity contribution in [3.63, 3.8) is 0 Å². The first-order chi connectivity index (χ1) is 7.08. The molecule has 3 heteroatoms. The number of benzene rings is 1. The number of phenolic OH excluding ortho intramolecular Hbond substituents is 1. The minimum Gasteiger partial charge on any atom is -0.507 e. The summed E-state index contributed by atoms with van der Waals surface area (Å²) < 4.78 is 0. The van der Waals surface area contributed by atoms with Crippen LogP contribution in [0.1, 0.15) is 30.5 Å². The Labute approximate surface area is 95.3 Å². The van der Waals surface area contributed by atoms with E-state index in [0.717, 1.165) is 24.1 Å². The highest BCUT2D eigenvalue weighted by Crippen LogP contribution is 2.36. The van der Waals surface area contributed by atoms with Crippen molar-refractivity contribution < 1.29 is 5.11 Å². The van der Waals surface area contributed by atoms with E-state index in [1.165, 1.54) is 0 Å². The molecule has 0 unspecified atom stereocenters. The van der Waals surface area contributed by atoms with E-state index in [-0.39, 0.29) is 6.04 Å². The third-order valence-electron chi connectivity index (χ3n) is 3.02. The van der Waals surface area contributed by atoms with Crippen molar-refractivity contribution in [2.45, 2.75) is 26.3 Å². The van der Waals surface area contributed by atoms with Gasteiger partial charge in [0.2, 0.25) is 0 Å². The molecule has 2 atom stereocenters. The Kier molecular flexibility index (Phi) is 2.89. The van der Waals surface area contributed by atoms with Gasteiger partial charge < -0.3 is 10.4 Å². The smallest absolute Gasteiger partial charge is 0.123 e. The highest BCUT2D eigenvalue weighted by molar-refractivity contribution is 6.30. The molecule has 0 saturated carbocycles. The molecule has 0 spiro atoms. The highest BCUT2D eigenvalue weighted by atomic mass is 35.5. The van der Waals surface area contributed by atoms with E-state index in [4.69, 9.17) is 11.6 Å². The second-order valence-electron chi connectivity index (χ2n) is 4.46. The summed E-state index contributed by atoms with van der Waals surface area (Å²) in [6.07, 6.45) is 1.06. The standard InChI is InChI=1S/C12H16ClNO/c1-7-3-11(14-6-7)10-5-9(13)4-8(2)12(10)15/h4-5,7,11,14-15H,3,6H2,1-2H3/t7-,11+/m0/s1. The fourth-order valence-corrected chi connectivity index (χ4v) is 2.46. The van der Waals surface area contributed by atoms with Crippen molar-refractivity contribution >= 4 is 11.6 Å². The molecule has 2 N–H and O–H groups in total. The van der Waals surface area contributed by atoms with Crippen LogP contribution >= 0.6 is 11.6 Å². The minimum absolute atomic E-state index is 0.248. The van der Waals surface area contributed by atoms with Crippen molar-refractivity contribution in [1.82, 2.24) is 5.32 Å². The first kappa shape index (κ1) is 10.8. The van der Waals surface area contributed by atoms with Gasteiger partial charge in [0, 0.05) is 16.6 Å². The van der Waals surface area contributed by atoms with Gasteiger partial charge in [0.05, 0.1) is 0 Å². The third-order valence-corrected chi connectivity index (χ3v) is 3.24. The van der Waals surface area contributed by atoms with Gasteiger partial charge >= 0.3 is 0 Å². The monoisotopic (exact) mass is 225 g/mol. The van der Waals surface area contributed by atoms with Crippen LogP contribution in [0.4, 0.5) is 0 Å². The average Bonchev–Trinajstić information content (AvgIpc) is 2.58. The van der Waals surface area contributed by atoms with Crippen molar-refractivity contribution in [3.8, 4) is 5.75 Å². The van der Waals surface area contributed by atoms with Gasteiger partial charge in [-0.25, -0.2) is 0 Å². The average molecular weight is 226 g/mol. The Morgan fingerprint density at radius 1 is 1.47 bits per heavy atom. The Bertz CT molecular complexity index is 378. The summed E-state index contributed by atoms with van der Waals surface area (Å²) in [5.74, 6) is 1.04. The van der Waals surface area contributed by atoms with Crippen LogP contribution in [0.3, 0.4) is 0 Å². The van der Waals surface area contributed by atoms with Crippen LogP contribution in [-0.4, -0.2) is 11.7 Å². The van der Waals surface area contributed by atoms with Crippen LogP contribution in [0.15, 0.2) is 12.1 Å². The van der Waals surface area contributed by atoms with Gasteiger partial charge in [-0.05, 0) is 43.5 Å². The molecular weight excluding hydrogens is 210 g/mol. The van der Waals surface area contributed by atoms with Crippen LogP contribution in [0.25, 0.3) is 0 Å². The maximum absolute atomic E-state index is 9.97. The van der Waals surface area contributed by atoms with Crippen LogP contribution < -0.4 is 5.32 Å². The summed E-state index contributed by atoms with van der Waals surface area (Å²) in [5.41, 5.74) is 1.78. The predicted molar refractivity (Wildman–Crippen MR) is 62.4 cm³/mol. The SMILES string of the molecule is Cc1cc(Cl)cc([C@H]2C[C@H](C)CN2)c1O. The first-order valence-corrected chi connectivity index (χ1v) is 5.68. The lowest BCUT2D eigenvalue weighted by Gasteiger charge is -2.14. The largest absolute Gasteiger partial charge is 0.507 e. The number of hydrogen-bond acceptors (Lipinski definition) is 2. The molecule has 1 saturated heterocycles. The fourth-order valence-electron chi connectivity index (χ4n) is 2.18. The molecule has 1 fully saturated rings. The van der Waals surface area contributed by atoms with Gasteiger partial charge in [0.1, 0.15) is 5.75 Å². The molecule has 0 bridgehead atoms. The van der Waals surface area contributed by atoms with Gasteiger partial charge in [0.15, 0.2) is 0 Å². The summed E-state index contributed by atoms with van der Waals surface area (Å²) in [4.78, 5) is 0. The highest BCUT2D eigenvalue weighted by Gasteiger charge is 2.25. The molecule has 2 rings (SSSR count). The van der Waals surface area contributed by atoms with Crippen LogP contribution in [-0.2, 0) is 0 Å². The molecule has 1 aliphatic heterocycles. The lowest BCUT2D eigenvalue weighted by molar-refractivity contribution is 0.452. The molecule has 1 aliphatic rings. The van der Waals surface area contributed by atoms with Crippen molar-refractivity contribution in [2.75, 3.05) is 6.54 Å². The van der Waals surface area contributed by atoms with E-state index in [0.29, 0.717) is 16.7 Å². The molecule has 0 radical (unpaired) electrons. The Balaban J connectivity index is 2.35. The van der Waals surface area contributed by atoms with Crippen molar-refractivity contribution in [3.05, 3.63) is 28.3 Å². The maximum Gasteiger partial charge on any atom is 0.123 e. The summed E-state index contributed by atoms with van der Waals surface area (Å²) in [6, 6.07) is 3.90. The number of nitrogens with one attached hydrogen (secondary N) is 1. The molecule has 1 heterocycles. The van der Waals surface area contributed by atoms with Crippen molar-refractivity contribution in [1.29, 1.82) is 0 Å². The summed E-state index contributed by atoms with van der Waals surface area (Å²) in [6.45, 7) is 5.10. The second-order valence-corrected chi connectivity index (χ2v) is 4.90. The van der Waals surface area contributed by atoms with E-state index < -0.39 is 0 Å². The van der Waals surface area contributed by atoms with Gasteiger partial charge in [-0.15, -0.1) is 0 Å². The fraction of sp³-hybridized carbons (Fsp3) is 0.500. The summed E-state index contributed by atoms with van der Waals surface area (Å²) >= 11 is 6.00. The predicted octanol–water partition coefficient (Wildman–Crippen LogP) is 3.02. The first-order valence-electron chi connectivity index (χ1n) is 5.30. The van der Waals surface area contributed by atoms with E-state index in [1.54, 1.807) is 6.07 Å². The van der Waals surface area contributed by atoms with E-state index in [9.17, 15) is 5.11 Å². The zero-order chi connectivity index (χ0) is 11.0.